The number of anilines is 1. The molecule has 0 unspecified atom stereocenters. The summed E-state index contributed by atoms with van der Waals surface area (Å²) in [5.41, 5.74) is 4.23. The van der Waals surface area contributed by atoms with Gasteiger partial charge in [-0.25, -0.2) is 0 Å². The molecule has 7 heteroatoms. The molecule has 6 nitrogen and oxygen atoms in total. The molecule has 1 aromatic carbocycles. The lowest BCUT2D eigenvalue weighted by atomic mass is 9.95. The maximum absolute atomic E-state index is 13.3. The third-order valence-corrected chi connectivity index (χ3v) is 6.78. The number of carbonyl (C=O) groups excluding carboxylic acids is 2. The summed E-state index contributed by atoms with van der Waals surface area (Å²) in [6.07, 6.45) is 7.29. The van der Waals surface area contributed by atoms with Crippen LogP contribution in [0.1, 0.15) is 69.0 Å². The number of benzene rings is 1. The van der Waals surface area contributed by atoms with Crippen LogP contribution in [0.5, 0.6) is 0 Å². The van der Waals surface area contributed by atoms with Gasteiger partial charge in [0, 0.05) is 23.8 Å². The van der Waals surface area contributed by atoms with Crippen molar-refractivity contribution in [3.8, 4) is 0 Å². The van der Waals surface area contributed by atoms with Crippen molar-refractivity contribution in [3.05, 3.63) is 81.5 Å². The van der Waals surface area contributed by atoms with Crippen molar-refractivity contribution in [2.75, 3.05) is 5.32 Å². The largest absolute Gasteiger partial charge is 0.374 e. The number of thiophene rings is 1. The van der Waals surface area contributed by atoms with Gasteiger partial charge >= 0.3 is 0 Å². The Morgan fingerprint density at radius 2 is 1.91 bits per heavy atom. The minimum atomic E-state index is -0.256. The van der Waals surface area contributed by atoms with E-state index in [1.54, 1.807) is 18.3 Å². The molecule has 3 aromatic rings. The number of nitrogens with one attached hydrogen (secondary N) is 2. The van der Waals surface area contributed by atoms with Gasteiger partial charge in [-0.15, -0.1) is 11.3 Å². The highest BCUT2D eigenvalue weighted by Crippen LogP contribution is 2.38. The first kappa shape index (κ1) is 23.1. The molecule has 0 atom stereocenters. The highest BCUT2D eigenvalue weighted by atomic mass is 32.1. The van der Waals surface area contributed by atoms with Crippen LogP contribution in [0.25, 0.3) is 0 Å². The molecule has 1 aliphatic carbocycles. The molecule has 2 N–H and O–H groups in total. The van der Waals surface area contributed by atoms with Gasteiger partial charge in [0.25, 0.3) is 11.8 Å². The van der Waals surface area contributed by atoms with Crippen molar-refractivity contribution in [1.29, 1.82) is 0 Å². The Morgan fingerprint density at radius 3 is 2.70 bits per heavy atom. The van der Waals surface area contributed by atoms with Crippen LogP contribution in [-0.4, -0.2) is 22.9 Å². The molecule has 0 saturated heterocycles. The Morgan fingerprint density at radius 1 is 1.09 bits per heavy atom. The number of fused-ring (bicyclic) bond motifs is 1. The first-order valence-electron chi connectivity index (χ1n) is 11.3. The zero-order chi connectivity index (χ0) is 23.2. The number of rotatable bonds is 8. The monoisotopic (exact) mass is 463 g/mol. The lowest BCUT2D eigenvalue weighted by molar-refractivity contribution is 0.0657. The average Bonchev–Trinajstić information content (AvgIpc) is 3.20. The molecule has 0 bridgehead atoms. The Bertz CT molecular complexity index is 1130. The van der Waals surface area contributed by atoms with E-state index < -0.39 is 0 Å². The molecule has 1 aliphatic rings. The van der Waals surface area contributed by atoms with Crippen molar-refractivity contribution in [2.45, 2.75) is 58.8 Å². The molecule has 2 aromatic heterocycles. The van der Waals surface area contributed by atoms with E-state index in [0.717, 1.165) is 42.4 Å². The Kier molecular flexibility index (Phi) is 7.52. The number of aryl methyl sites for hydroxylation is 1. The number of pyridine rings is 1. The quantitative estimate of drug-likeness (QED) is 0.485. The summed E-state index contributed by atoms with van der Waals surface area (Å²) < 4.78 is 5.69. The van der Waals surface area contributed by atoms with Crippen molar-refractivity contribution in [3.63, 3.8) is 0 Å². The number of hydrogen-bond acceptors (Lipinski definition) is 5. The van der Waals surface area contributed by atoms with E-state index in [1.165, 1.54) is 22.4 Å². The second kappa shape index (κ2) is 10.7. The van der Waals surface area contributed by atoms with Gasteiger partial charge < -0.3 is 15.4 Å². The van der Waals surface area contributed by atoms with E-state index >= 15 is 0 Å². The Labute approximate surface area is 198 Å². The Balaban J connectivity index is 1.50. The van der Waals surface area contributed by atoms with Gasteiger partial charge in [0.1, 0.15) is 5.00 Å². The number of aromatic nitrogens is 1. The zero-order valence-corrected chi connectivity index (χ0v) is 19.8. The van der Waals surface area contributed by atoms with Crippen LogP contribution in [0, 0.1) is 0 Å². The summed E-state index contributed by atoms with van der Waals surface area (Å²) >= 11 is 1.52. The molecular formula is C26H29N3O3S. The molecule has 0 aliphatic heterocycles. The van der Waals surface area contributed by atoms with E-state index in [-0.39, 0.29) is 17.9 Å². The zero-order valence-electron chi connectivity index (χ0n) is 19.0. The van der Waals surface area contributed by atoms with Crippen LogP contribution in [0.15, 0.2) is 48.8 Å². The van der Waals surface area contributed by atoms with Crippen LogP contribution in [0.3, 0.4) is 0 Å². The number of hydrogen-bond donors (Lipinski definition) is 2. The summed E-state index contributed by atoms with van der Waals surface area (Å²) in [6.45, 7) is 4.98. The number of amides is 2. The van der Waals surface area contributed by atoms with Gasteiger partial charge in [-0.3, -0.25) is 14.6 Å². The van der Waals surface area contributed by atoms with Crippen molar-refractivity contribution in [2.24, 2.45) is 0 Å². The number of ether oxygens (including phenoxy) is 1. The van der Waals surface area contributed by atoms with Crippen molar-refractivity contribution < 1.29 is 14.3 Å². The summed E-state index contributed by atoms with van der Waals surface area (Å²) in [6, 6.07) is 11.5. The molecule has 0 saturated carbocycles. The maximum atomic E-state index is 13.3. The summed E-state index contributed by atoms with van der Waals surface area (Å²) in [5, 5.41) is 6.64. The maximum Gasteiger partial charge on any atom is 0.257 e. The molecule has 0 spiro atoms. The summed E-state index contributed by atoms with van der Waals surface area (Å²) in [4.78, 5) is 31.2. The van der Waals surface area contributed by atoms with E-state index in [1.807, 2.05) is 32.0 Å². The minimum Gasteiger partial charge on any atom is -0.374 e. The number of nitrogens with zero attached hydrogens (tertiary/aromatic N) is 1. The van der Waals surface area contributed by atoms with Gasteiger partial charge in [0.15, 0.2) is 0 Å². The van der Waals surface area contributed by atoms with Crippen LogP contribution < -0.4 is 10.6 Å². The van der Waals surface area contributed by atoms with Gasteiger partial charge in [-0.1, -0.05) is 24.3 Å². The van der Waals surface area contributed by atoms with Crippen LogP contribution >= 0.6 is 11.3 Å². The highest BCUT2D eigenvalue weighted by molar-refractivity contribution is 7.17. The third kappa shape index (κ3) is 5.86. The summed E-state index contributed by atoms with van der Waals surface area (Å²) in [5.74, 6) is -0.409. The second-order valence-electron chi connectivity index (χ2n) is 8.47. The fourth-order valence-electron chi connectivity index (χ4n) is 3.93. The third-order valence-electron chi connectivity index (χ3n) is 5.58. The molecule has 2 amide bonds. The van der Waals surface area contributed by atoms with Crippen LogP contribution in [0.2, 0.25) is 0 Å². The minimum absolute atomic E-state index is 0.153. The predicted molar refractivity (Wildman–Crippen MR) is 131 cm³/mol. The van der Waals surface area contributed by atoms with Gasteiger partial charge in [0.05, 0.1) is 23.8 Å². The lowest BCUT2D eigenvalue weighted by Gasteiger charge is -2.14. The topological polar surface area (TPSA) is 80.3 Å². The average molecular weight is 464 g/mol. The fourth-order valence-corrected chi connectivity index (χ4v) is 5.21. The van der Waals surface area contributed by atoms with Crippen molar-refractivity contribution >= 4 is 28.2 Å². The van der Waals surface area contributed by atoms with Crippen LogP contribution in [-0.2, 0) is 30.7 Å². The highest BCUT2D eigenvalue weighted by Gasteiger charge is 2.26. The molecule has 4 rings (SSSR count). The van der Waals surface area contributed by atoms with Crippen molar-refractivity contribution in [1.82, 2.24) is 10.3 Å². The first-order chi connectivity index (χ1) is 16.0. The summed E-state index contributed by atoms with van der Waals surface area (Å²) in [7, 11) is 0. The van der Waals surface area contributed by atoms with Gasteiger partial charge in [0.2, 0.25) is 0 Å². The smallest absolute Gasteiger partial charge is 0.257 e. The molecule has 2 heterocycles. The lowest BCUT2D eigenvalue weighted by Crippen LogP contribution is -2.25. The van der Waals surface area contributed by atoms with E-state index in [4.69, 9.17) is 4.74 Å². The van der Waals surface area contributed by atoms with Gasteiger partial charge in [-0.2, -0.15) is 0 Å². The van der Waals surface area contributed by atoms with E-state index in [9.17, 15) is 9.59 Å². The SMILES string of the molecule is CC(C)OCc1cccc(CNC(=O)c2c(NC(=O)c3cccnc3)sc3c2CCCC3)c1. The van der Waals surface area contributed by atoms with Gasteiger partial charge in [-0.05, 0) is 68.4 Å². The molecule has 33 heavy (non-hydrogen) atoms. The van der Waals surface area contributed by atoms with E-state index in [0.29, 0.717) is 29.3 Å². The van der Waals surface area contributed by atoms with Crippen LogP contribution in [0.4, 0.5) is 5.00 Å². The Hall–Kier alpha value is -3.03. The predicted octanol–water partition coefficient (Wildman–Crippen LogP) is 5.13. The molecule has 0 fully saturated rings. The standard InChI is InChI=1S/C26H29N3O3S/c1-17(2)32-16-19-8-5-7-18(13-19)14-28-25(31)23-21-10-3-4-11-22(21)33-26(23)29-24(30)20-9-6-12-27-15-20/h5-9,12-13,15,17H,3-4,10-11,14,16H2,1-2H3,(H,28,31)(H,29,30). The fraction of sp³-hybridized carbons (Fsp3) is 0.346. The normalized spacial score (nSPS) is 12.9. The second-order valence-corrected chi connectivity index (χ2v) is 9.58. The molecular weight excluding hydrogens is 434 g/mol. The molecule has 0 radical (unpaired) electrons. The molecule has 172 valence electrons. The van der Waals surface area contributed by atoms with E-state index in [2.05, 4.69) is 21.7 Å². The first-order valence-corrected chi connectivity index (χ1v) is 12.2. The number of carbonyl (C=O) groups is 2.